The van der Waals surface area contributed by atoms with Gasteiger partial charge >= 0.3 is 5.97 Å². The second-order valence-corrected chi connectivity index (χ2v) is 7.07. The molecule has 1 heterocycles. The van der Waals surface area contributed by atoms with Crippen molar-refractivity contribution in [2.24, 2.45) is 0 Å². The normalized spacial score (nSPS) is 11.4. The average molecular weight is 297 g/mol. The van der Waals surface area contributed by atoms with Gasteiger partial charge in [-0.1, -0.05) is 0 Å². The van der Waals surface area contributed by atoms with Gasteiger partial charge in [0.15, 0.2) is 0 Å². The number of rotatable bonds is 6. The molecule has 1 aromatic rings. The maximum absolute atomic E-state index is 12.0. The Morgan fingerprint density at radius 1 is 1.35 bits per heavy atom. The molecule has 0 aliphatic rings. The first-order valence-corrected chi connectivity index (χ1v) is 7.54. The van der Waals surface area contributed by atoms with Crippen LogP contribution < -0.4 is 0 Å². The highest BCUT2D eigenvalue weighted by Crippen LogP contribution is 2.22. The number of hydrogen-bond acceptors (Lipinski definition) is 3. The molecular weight excluding hydrogens is 274 g/mol. The molecule has 0 saturated heterocycles. The molecule has 0 saturated carbocycles. The number of aryl methyl sites for hydroxylation is 3. The van der Waals surface area contributed by atoms with Gasteiger partial charge in [-0.05, 0) is 52.2 Å². The Hall–Kier alpha value is -1.36. The molecule has 1 amide bonds. The van der Waals surface area contributed by atoms with E-state index >= 15 is 0 Å². The number of carboxylic acids is 1. The topological polar surface area (TPSA) is 57.6 Å². The molecule has 0 spiro atoms. The third-order valence-corrected chi connectivity index (χ3v) is 4.72. The number of carbonyl (C=O) groups is 2. The van der Waals surface area contributed by atoms with Crippen molar-refractivity contribution in [3.05, 3.63) is 21.4 Å². The predicted octanol–water partition coefficient (Wildman–Crippen LogP) is 3.01. The van der Waals surface area contributed by atoms with Crippen LogP contribution in [0.25, 0.3) is 0 Å². The first-order chi connectivity index (χ1) is 9.16. The molecule has 0 bridgehead atoms. The average Bonchev–Trinajstić information content (AvgIpc) is 2.66. The van der Waals surface area contributed by atoms with Crippen LogP contribution >= 0.6 is 11.3 Å². The molecule has 4 nitrogen and oxygen atoms in total. The number of amides is 1. The fourth-order valence-electron chi connectivity index (χ4n) is 1.98. The fraction of sp³-hybridized carbons (Fsp3) is 0.600. The monoisotopic (exact) mass is 297 g/mol. The summed E-state index contributed by atoms with van der Waals surface area (Å²) in [5.41, 5.74) is 0.131. The summed E-state index contributed by atoms with van der Waals surface area (Å²) in [5, 5.41) is 9.11. The molecule has 1 aromatic heterocycles. The summed E-state index contributed by atoms with van der Waals surface area (Å²) < 4.78 is 0. The van der Waals surface area contributed by atoms with Gasteiger partial charge in [0.25, 0.3) is 0 Å². The largest absolute Gasteiger partial charge is 0.480 e. The van der Waals surface area contributed by atoms with Crippen LogP contribution in [-0.2, 0) is 16.0 Å². The van der Waals surface area contributed by atoms with Gasteiger partial charge in [0, 0.05) is 23.2 Å². The van der Waals surface area contributed by atoms with E-state index < -0.39 is 11.5 Å². The van der Waals surface area contributed by atoms with Crippen LogP contribution in [0.1, 0.15) is 42.0 Å². The van der Waals surface area contributed by atoms with Crippen molar-refractivity contribution in [1.29, 1.82) is 0 Å². The van der Waals surface area contributed by atoms with E-state index in [1.165, 1.54) is 20.2 Å². The van der Waals surface area contributed by atoms with Gasteiger partial charge in [0.05, 0.1) is 0 Å². The molecule has 0 unspecified atom stereocenters. The van der Waals surface area contributed by atoms with E-state index in [4.69, 9.17) is 5.11 Å². The third kappa shape index (κ3) is 3.82. The van der Waals surface area contributed by atoms with Crippen molar-refractivity contribution in [2.45, 2.75) is 52.5 Å². The Labute approximate surface area is 124 Å². The number of likely N-dealkylation sites (N-methyl/N-ethyl adjacent to an activating group) is 1. The minimum atomic E-state index is -1.16. The van der Waals surface area contributed by atoms with Gasteiger partial charge in [-0.25, -0.2) is 4.79 Å². The van der Waals surface area contributed by atoms with Crippen molar-refractivity contribution < 1.29 is 14.7 Å². The smallest absolute Gasteiger partial charge is 0.329 e. The molecule has 1 rings (SSSR count). The van der Waals surface area contributed by atoms with Crippen LogP contribution in [0.3, 0.4) is 0 Å². The molecule has 0 aliphatic carbocycles. The van der Waals surface area contributed by atoms with E-state index in [0.29, 0.717) is 6.42 Å². The zero-order chi connectivity index (χ0) is 15.5. The molecule has 0 atom stereocenters. The summed E-state index contributed by atoms with van der Waals surface area (Å²) in [7, 11) is 1.55. The van der Waals surface area contributed by atoms with Crippen molar-refractivity contribution in [3.63, 3.8) is 0 Å². The maximum atomic E-state index is 12.0. The quantitative estimate of drug-likeness (QED) is 0.878. The fourth-order valence-corrected chi connectivity index (χ4v) is 2.96. The number of nitrogens with zero attached hydrogens (tertiary/aromatic N) is 1. The van der Waals surface area contributed by atoms with Crippen molar-refractivity contribution in [3.8, 4) is 0 Å². The lowest BCUT2D eigenvalue weighted by Gasteiger charge is -2.31. The van der Waals surface area contributed by atoms with Crippen molar-refractivity contribution >= 4 is 23.2 Å². The van der Waals surface area contributed by atoms with Gasteiger partial charge in [-0.15, -0.1) is 11.3 Å². The molecule has 0 aliphatic heterocycles. The molecule has 0 aromatic carbocycles. The lowest BCUT2D eigenvalue weighted by molar-refractivity contribution is -0.155. The second-order valence-electron chi connectivity index (χ2n) is 5.61. The van der Waals surface area contributed by atoms with Crippen LogP contribution in [0.15, 0.2) is 6.07 Å². The van der Waals surface area contributed by atoms with E-state index in [9.17, 15) is 9.59 Å². The third-order valence-electron chi connectivity index (χ3n) is 3.72. The standard InChI is InChI=1S/C15H23NO3S/c1-10-9-12(11(2)20-10)7-6-8-13(17)16(5)15(3,4)14(18)19/h9H,6-8H2,1-5H3,(H,18,19). The first-order valence-electron chi connectivity index (χ1n) is 6.72. The van der Waals surface area contributed by atoms with Crippen LogP contribution in [0.5, 0.6) is 0 Å². The molecular formula is C15H23NO3S. The zero-order valence-electron chi connectivity index (χ0n) is 12.8. The van der Waals surface area contributed by atoms with Crippen LogP contribution in [0.2, 0.25) is 0 Å². The summed E-state index contributed by atoms with van der Waals surface area (Å²) in [4.78, 5) is 27.1. The Bertz CT molecular complexity index is 505. The lowest BCUT2D eigenvalue weighted by Crippen LogP contribution is -2.50. The highest BCUT2D eigenvalue weighted by Gasteiger charge is 2.34. The van der Waals surface area contributed by atoms with Crippen LogP contribution in [-0.4, -0.2) is 34.5 Å². The Kier molecular flexibility index (Phi) is 5.34. The van der Waals surface area contributed by atoms with Crippen LogP contribution in [0.4, 0.5) is 0 Å². The number of thiophene rings is 1. The number of aliphatic carboxylic acids is 1. The zero-order valence-corrected chi connectivity index (χ0v) is 13.6. The predicted molar refractivity (Wildman–Crippen MR) is 81.2 cm³/mol. The second kappa shape index (κ2) is 6.39. The van der Waals surface area contributed by atoms with E-state index in [0.717, 1.165) is 12.8 Å². The highest BCUT2D eigenvalue weighted by molar-refractivity contribution is 7.12. The minimum Gasteiger partial charge on any atom is -0.480 e. The molecule has 20 heavy (non-hydrogen) atoms. The Balaban J connectivity index is 2.52. The SMILES string of the molecule is Cc1cc(CCCC(=O)N(C)C(C)(C)C(=O)O)c(C)s1. The summed E-state index contributed by atoms with van der Waals surface area (Å²) in [6.07, 6.45) is 1.99. The Morgan fingerprint density at radius 3 is 2.40 bits per heavy atom. The molecule has 1 N–H and O–H groups in total. The minimum absolute atomic E-state index is 0.123. The van der Waals surface area contributed by atoms with E-state index in [1.54, 1.807) is 32.2 Å². The Morgan fingerprint density at radius 2 is 1.95 bits per heavy atom. The maximum Gasteiger partial charge on any atom is 0.329 e. The molecule has 0 radical (unpaired) electrons. The van der Waals surface area contributed by atoms with E-state index in [1.807, 2.05) is 0 Å². The van der Waals surface area contributed by atoms with Gasteiger partial charge in [-0.3, -0.25) is 4.79 Å². The summed E-state index contributed by atoms with van der Waals surface area (Å²) in [5.74, 6) is -1.11. The van der Waals surface area contributed by atoms with Gasteiger partial charge < -0.3 is 10.0 Å². The number of hydrogen-bond donors (Lipinski definition) is 1. The number of carbonyl (C=O) groups excluding carboxylic acids is 1. The van der Waals surface area contributed by atoms with E-state index in [2.05, 4.69) is 19.9 Å². The summed E-state index contributed by atoms with van der Waals surface area (Å²) in [6.45, 7) is 7.25. The molecule has 0 fully saturated rings. The molecule has 5 heteroatoms. The van der Waals surface area contributed by atoms with Crippen LogP contribution in [0, 0.1) is 13.8 Å². The van der Waals surface area contributed by atoms with Gasteiger partial charge in [0.2, 0.25) is 5.91 Å². The van der Waals surface area contributed by atoms with Gasteiger partial charge in [0.1, 0.15) is 5.54 Å². The summed E-state index contributed by atoms with van der Waals surface area (Å²) in [6, 6.07) is 2.16. The van der Waals surface area contributed by atoms with Crippen molar-refractivity contribution in [2.75, 3.05) is 7.05 Å². The first kappa shape index (κ1) is 16.7. The summed E-state index contributed by atoms with van der Waals surface area (Å²) >= 11 is 1.77. The van der Waals surface area contributed by atoms with E-state index in [-0.39, 0.29) is 5.91 Å². The molecule has 112 valence electrons. The highest BCUT2D eigenvalue weighted by atomic mass is 32.1. The lowest BCUT2D eigenvalue weighted by atomic mass is 10.0. The van der Waals surface area contributed by atoms with Crippen molar-refractivity contribution in [1.82, 2.24) is 4.90 Å². The van der Waals surface area contributed by atoms with Gasteiger partial charge in [-0.2, -0.15) is 0 Å². The number of carboxylic acid groups (broad SMARTS) is 1.